The van der Waals surface area contributed by atoms with Crippen molar-refractivity contribution in [1.82, 2.24) is 5.32 Å². The number of benzene rings is 1. The fraction of sp³-hybridized carbons (Fsp3) is 0.455. The predicted octanol–water partition coefficient (Wildman–Crippen LogP) is 1.73. The molecular formula is C11H17NO2. The molecule has 0 aliphatic carbocycles. The number of rotatable bonds is 4. The molecule has 0 aliphatic heterocycles. The summed E-state index contributed by atoms with van der Waals surface area (Å²) in [5, 5.41) is 3.12. The SMILES string of the molecule is CNCc1c(OC)ccc(OC)c1C. The molecule has 0 bridgehead atoms. The first-order valence-electron chi connectivity index (χ1n) is 4.59. The molecule has 0 radical (unpaired) electrons. The van der Waals surface area contributed by atoms with Crippen molar-refractivity contribution in [2.75, 3.05) is 21.3 Å². The van der Waals surface area contributed by atoms with E-state index < -0.39 is 0 Å². The van der Waals surface area contributed by atoms with Gasteiger partial charge in [0.2, 0.25) is 0 Å². The van der Waals surface area contributed by atoms with E-state index >= 15 is 0 Å². The van der Waals surface area contributed by atoms with E-state index in [1.807, 2.05) is 26.1 Å². The molecule has 0 unspecified atom stereocenters. The zero-order valence-electron chi connectivity index (χ0n) is 9.18. The van der Waals surface area contributed by atoms with Crippen LogP contribution in [-0.2, 0) is 6.54 Å². The van der Waals surface area contributed by atoms with Gasteiger partial charge in [-0.2, -0.15) is 0 Å². The molecule has 0 heterocycles. The van der Waals surface area contributed by atoms with Gasteiger partial charge >= 0.3 is 0 Å². The maximum Gasteiger partial charge on any atom is 0.123 e. The normalized spacial score (nSPS) is 10.0. The lowest BCUT2D eigenvalue weighted by molar-refractivity contribution is 0.395. The number of methoxy groups -OCH3 is 2. The smallest absolute Gasteiger partial charge is 0.123 e. The van der Waals surface area contributed by atoms with Crippen LogP contribution in [0.5, 0.6) is 11.5 Å². The molecule has 0 atom stereocenters. The van der Waals surface area contributed by atoms with Crippen LogP contribution in [0.15, 0.2) is 12.1 Å². The van der Waals surface area contributed by atoms with Crippen molar-refractivity contribution in [1.29, 1.82) is 0 Å². The third-order valence-electron chi connectivity index (χ3n) is 2.30. The first-order chi connectivity index (χ1) is 6.74. The first-order valence-corrected chi connectivity index (χ1v) is 4.59. The largest absolute Gasteiger partial charge is 0.496 e. The van der Waals surface area contributed by atoms with Crippen LogP contribution >= 0.6 is 0 Å². The van der Waals surface area contributed by atoms with Crippen LogP contribution in [0.4, 0.5) is 0 Å². The van der Waals surface area contributed by atoms with Gasteiger partial charge in [0.05, 0.1) is 14.2 Å². The zero-order valence-corrected chi connectivity index (χ0v) is 9.18. The summed E-state index contributed by atoms with van der Waals surface area (Å²) in [6.07, 6.45) is 0. The van der Waals surface area contributed by atoms with Crippen molar-refractivity contribution in [2.45, 2.75) is 13.5 Å². The van der Waals surface area contributed by atoms with E-state index in [0.29, 0.717) is 0 Å². The van der Waals surface area contributed by atoms with Crippen molar-refractivity contribution in [2.24, 2.45) is 0 Å². The molecule has 1 aromatic carbocycles. The Hall–Kier alpha value is -1.22. The van der Waals surface area contributed by atoms with Gasteiger partial charge in [0.1, 0.15) is 11.5 Å². The van der Waals surface area contributed by atoms with E-state index in [1.54, 1.807) is 14.2 Å². The summed E-state index contributed by atoms with van der Waals surface area (Å²) in [5.74, 6) is 1.80. The maximum atomic E-state index is 5.28. The summed E-state index contributed by atoms with van der Waals surface area (Å²) >= 11 is 0. The minimum atomic E-state index is 0.784. The molecule has 0 aliphatic rings. The lowest BCUT2D eigenvalue weighted by Crippen LogP contribution is -2.09. The standard InChI is InChI=1S/C11H17NO2/c1-8-9(7-12-2)11(14-4)6-5-10(8)13-3/h5-6,12H,7H2,1-4H3. The molecule has 0 fully saturated rings. The Labute approximate surface area is 85.0 Å². The summed E-state index contributed by atoms with van der Waals surface area (Å²) in [7, 11) is 5.27. The highest BCUT2D eigenvalue weighted by Crippen LogP contribution is 2.29. The summed E-state index contributed by atoms with van der Waals surface area (Å²) in [4.78, 5) is 0. The molecule has 3 heteroatoms. The van der Waals surface area contributed by atoms with Gasteiger partial charge in [-0.25, -0.2) is 0 Å². The second-order valence-corrected chi connectivity index (χ2v) is 3.10. The Bertz CT molecular complexity index is 310. The van der Waals surface area contributed by atoms with Crippen LogP contribution in [-0.4, -0.2) is 21.3 Å². The summed E-state index contributed by atoms with van der Waals surface area (Å²) in [6, 6.07) is 3.85. The van der Waals surface area contributed by atoms with Crippen molar-refractivity contribution < 1.29 is 9.47 Å². The molecule has 0 saturated heterocycles. The Balaban J connectivity index is 3.16. The van der Waals surface area contributed by atoms with Crippen molar-refractivity contribution in [3.8, 4) is 11.5 Å². The predicted molar refractivity (Wildman–Crippen MR) is 57.0 cm³/mol. The number of nitrogens with one attached hydrogen (secondary N) is 1. The summed E-state index contributed by atoms with van der Waals surface area (Å²) in [5.41, 5.74) is 2.27. The Morgan fingerprint density at radius 2 is 1.71 bits per heavy atom. The van der Waals surface area contributed by atoms with E-state index in [0.717, 1.165) is 29.2 Å². The highest BCUT2D eigenvalue weighted by atomic mass is 16.5. The Morgan fingerprint density at radius 1 is 1.14 bits per heavy atom. The van der Waals surface area contributed by atoms with E-state index in [1.165, 1.54) is 0 Å². The van der Waals surface area contributed by atoms with Crippen molar-refractivity contribution in [3.63, 3.8) is 0 Å². The molecule has 1 N–H and O–H groups in total. The Kier molecular flexibility index (Phi) is 3.77. The van der Waals surface area contributed by atoms with Crippen LogP contribution in [0.3, 0.4) is 0 Å². The highest BCUT2D eigenvalue weighted by molar-refractivity contribution is 5.47. The molecule has 14 heavy (non-hydrogen) atoms. The topological polar surface area (TPSA) is 30.5 Å². The lowest BCUT2D eigenvalue weighted by Gasteiger charge is -2.14. The minimum absolute atomic E-state index is 0.784. The van der Waals surface area contributed by atoms with Gasteiger partial charge in [-0.1, -0.05) is 0 Å². The summed E-state index contributed by atoms with van der Waals surface area (Å²) < 4.78 is 10.5. The van der Waals surface area contributed by atoms with E-state index in [4.69, 9.17) is 9.47 Å². The second kappa shape index (κ2) is 4.86. The average molecular weight is 195 g/mol. The fourth-order valence-corrected chi connectivity index (χ4v) is 1.52. The number of hydrogen-bond donors (Lipinski definition) is 1. The third kappa shape index (κ3) is 1.99. The van der Waals surface area contributed by atoms with Gasteiger partial charge in [0.25, 0.3) is 0 Å². The third-order valence-corrected chi connectivity index (χ3v) is 2.30. The van der Waals surface area contributed by atoms with Crippen LogP contribution in [0.25, 0.3) is 0 Å². The molecule has 0 spiro atoms. The monoisotopic (exact) mass is 195 g/mol. The molecule has 1 aromatic rings. The Morgan fingerprint density at radius 3 is 2.21 bits per heavy atom. The number of ether oxygens (including phenoxy) is 2. The molecule has 0 saturated carbocycles. The molecule has 3 nitrogen and oxygen atoms in total. The van der Waals surface area contributed by atoms with Crippen LogP contribution in [0.1, 0.15) is 11.1 Å². The lowest BCUT2D eigenvalue weighted by atomic mass is 10.1. The van der Waals surface area contributed by atoms with Gasteiger partial charge in [-0.05, 0) is 31.7 Å². The van der Waals surface area contributed by atoms with Crippen molar-refractivity contribution in [3.05, 3.63) is 23.3 Å². The van der Waals surface area contributed by atoms with Crippen LogP contribution < -0.4 is 14.8 Å². The van der Waals surface area contributed by atoms with Gasteiger partial charge in [-0.3, -0.25) is 0 Å². The quantitative estimate of drug-likeness (QED) is 0.793. The van der Waals surface area contributed by atoms with E-state index in [2.05, 4.69) is 5.32 Å². The van der Waals surface area contributed by atoms with Gasteiger partial charge in [0.15, 0.2) is 0 Å². The highest BCUT2D eigenvalue weighted by Gasteiger charge is 2.09. The van der Waals surface area contributed by atoms with E-state index in [9.17, 15) is 0 Å². The van der Waals surface area contributed by atoms with E-state index in [-0.39, 0.29) is 0 Å². The van der Waals surface area contributed by atoms with Gasteiger partial charge in [-0.15, -0.1) is 0 Å². The molecule has 0 amide bonds. The average Bonchev–Trinajstić information content (AvgIpc) is 2.21. The van der Waals surface area contributed by atoms with Crippen molar-refractivity contribution >= 4 is 0 Å². The van der Waals surface area contributed by atoms with Gasteiger partial charge < -0.3 is 14.8 Å². The minimum Gasteiger partial charge on any atom is -0.496 e. The fourth-order valence-electron chi connectivity index (χ4n) is 1.52. The van der Waals surface area contributed by atoms with Crippen LogP contribution in [0, 0.1) is 6.92 Å². The van der Waals surface area contributed by atoms with Crippen LogP contribution in [0.2, 0.25) is 0 Å². The second-order valence-electron chi connectivity index (χ2n) is 3.10. The van der Waals surface area contributed by atoms with Gasteiger partial charge in [0, 0.05) is 12.1 Å². The molecular weight excluding hydrogens is 178 g/mol. The molecule has 1 rings (SSSR count). The number of hydrogen-bond acceptors (Lipinski definition) is 3. The first kappa shape index (κ1) is 10.9. The molecule has 0 aromatic heterocycles. The zero-order chi connectivity index (χ0) is 10.6. The maximum absolute atomic E-state index is 5.28. The molecule has 78 valence electrons. The summed E-state index contributed by atoms with van der Waals surface area (Å²) in [6.45, 7) is 2.82.